The Balaban J connectivity index is 2.42. The van der Waals surface area contributed by atoms with E-state index in [4.69, 9.17) is 12.2 Å². The van der Waals surface area contributed by atoms with Gasteiger partial charge in [-0.25, -0.2) is 0 Å². The highest BCUT2D eigenvalue weighted by molar-refractivity contribution is 5.76. The predicted octanol–water partition coefficient (Wildman–Crippen LogP) is 2.12. The quantitative estimate of drug-likeness (QED) is 0.595. The molecule has 0 fully saturated rings. The summed E-state index contributed by atoms with van der Waals surface area (Å²) in [5, 5.41) is 2.94. The van der Waals surface area contributed by atoms with Gasteiger partial charge in [-0.2, -0.15) is 0 Å². The van der Waals surface area contributed by atoms with Gasteiger partial charge in [-0.1, -0.05) is 25.1 Å². The lowest BCUT2D eigenvalue weighted by Gasteiger charge is -2.14. The van der Waals surface area contributed by atoms with Gasteiger partial charge in [0, 0.05) is 24.6 Å². The second kappa shape index (κ2) is 7.39. The first-order chi connectivity index (χ1) is 8.67. The van der Waals surface area contributed by atoms with Crippen molar-refractivity contribution >= 4 is 11.6 Å². The van der Waals surface area contributed by atoms with Crippen molar-refractivity contribution in [2.75, 3.05) is 5.73 Å². The molecule has 3 N–H and O–H groups in total. The highest BCUT2D eigenvalue weighted by Crippen LogP contribution is 2.12. The van der Waals surface area contributed by atoms with E-state index in [9.17, 15) is 4.79 Å². The predicted molar refractivity (Wildman–Crippen MR) is 74.8 cm³/mol. The van der Waals surface area contributed by atoms with Crippen molar-refractivity contribution in [1.29, 1.82) is 0 Å². The van der Waals surface area contributed by atoms with Crippen LogP contribution in [-0.4, -0.2) is 11.9 Å². The summed E-state index contributed by atoms with van der Waals surface area (Å²) in [4.78, 5) is 11.8. The van der Waals surface area contributed by atoms with Crippen molar-refractivity contribution < 1.29 is 4.79 Å². The summed E-state index contributed by atoms with van der Waals surface area (Å²) < 4.78 is 0. The highest BCUT2D eigenvalue weighted by Gasteiger charge is 2.09. The zero-order valence-electron chi connectivity index (χ0n) is 10.8. The van der Waals surface area contributed by atoms with Crippen molar-refractivity contribution in [2.24, 2.45) is 0 Å². The van der Waals surface area contributed by atoms with Crippen LogP contribution in [0.1, 0.15) is 31.7 Å². The first-order valence-corrected chi connectivity index (χ1v) is 6.23. The van der Waals surface area contributed by atoms with Gasteiger partial charge in [0.2, 0.25) is 5.91 Å². The van der Waals surface area contributed by atoms with Gasteiger partial charge in [0.25, 0.3) is 0 Å². The molecule has 0 bridgehead atoms. The number of carbonyl (C=O) groups is 1. The molecule has 3 heteroatoms. The number of hydrogen-bond donors (Lipinski definition) is 2. The molecule has 0 radical (unpaired) electrons. The zero-order valence-corrected chi connectivity index (χ0v) is 10.8. The van der Waals surface area contributed by atoms with E-state index in [1.807, 2.05) is 31.2 Å². The van der Waals surface area contributed by atoms with Crippen LogP contribution in [0.4, 0.5) is 5.69 Å². The number of rotatable bonds is 6. The molecule has 0 spiro atoms. The lowest BCUT2D eigenvalue weighted by atomic mass is 10.1. The maximum atomic E-state index is 11.8. The van der Waals surface area contributed by atoms with E-state index in [0.717, 1.165) is 17.7 Å². The number of hydrogen-bond acceptors (Lipinski definition) is 2. The smallest absolute Gasteiger partial charge is 0.220 e. The Bertz CT molecular complexity index is 434. The van der Waals surface area contributed by atoms with E-state index in [1.165, 1.54) is 0 Å². The fourth-order valence-electron chi connectivity index (χ4n) is 1.75. The van der Waals surface area contributed by atoms with Crippen molar-refractivity contribution in [2.45, 2.75) is 38.6 Å². The molecule has 1 rings (SSSR count). The minimum absolute atomic E-state index is 0.0281. The third kappa shape index (κ3) is 4.50. The average molecular weight is 244 g/mol. The first kappa shape index (κ1) is 14.1. The van der Waals surface area contributed by atoms with Crippen LogP contribution in [-0.2, 0) is 11.2 Å². The van der Waals surface area contributed by atoms with Gasteiger partial charge in [-0.15, -0.1) is 12.3 Å². The van der Waals surface area contributed by atoms with Crippen LogP contribution in [0.3, 0.4) is 0 Å². The largest absolute Gasteiger partial charge is 0.399 e. The van der Waals surface area contributed by atoms with E-state index in [1.54, 1.807) is 0 Å². The normalized spacial score (nSPS) is 11.6. The zero-order chi connectivity index (χ0) is 13.4. The number of terminal acetylenes is 1. The fourth-order valence-corrected chi connectivity index (χ4v) is 1.75. The van der Waals surface area contributed by atoms with Gasteiger partial charge in [0.15, 0.2) is 0 Å². The Kier molecular flexibility index (Phi) is 5.79. The maximum Gasteiger partial charge on any atom is 0.220 e. The molecule has 1 amide bonds. The molecule has 1 aromatic rings. The summed E-state index contributed by atoms with van der Waals surface area (Å²) in [6.07, 6.45) is 7.77. The molecule has 1 aromatic carbocycles. The van der Waals surface area contributed by atoms with Crippen molar-refractivity contribution in [3.8, 4) is 12.3 Å². The van der Waals surface area contributed by atoms with Gasteiger partial charge in [-0.3, -0.25) is 4.79 Å². The number of amides is 1. The molecule has 1 atom stereocenters. The number of anilines is 1. The van der Waals surface area contributed by atoms with E-state index in [2.05, 4.69) is 11.2 Å². The molecule has 1 unspecified atom stereocenters. The number of benzene rings is 1. The molecule has 0 aliphatic carbocycles. The van der Waals surface area contributed by atoms with Crippen LogP contribution in [0.15, 0.2) is 24.3 Å². The van der Waals surface area contributed by atoms with Gasteiger partial charge in [0.1, 0.15) is 0 Å². The lowest BCUT2D eigenvalue weighted by molar-refractivity contribution is -0.121. The van der Waals surface area contributed by atoms with Crippen LogP contribution in [0.5, 0.6) is 0 Å². The molecule has 0 aromatic heterocycles. The average Bonchev–Trinajstić information content (AvgIpc) is 2.37. The lowest BCUT2D eigenvalue weighted by Crippen LogP contribution is -2.34. The summed E-state index contributed by atoms with van der Waals surface area (Å²) >= 11 is 0. The van der Waals surface area contributed by atoms with Crippen molar-refractivity contribution in [3.05, 3.63) is 29.8 Å². The van der Waals surface area contributed by atoms with E-state index < -0.39 is 0 Å². The molecular formula is C15H20N2O. The first-order valence-electron chi connectivity index (χ1n) is 6.23. The Labute approximate surface area is 109 Å². The molecular weight excluding hydrogens is 224 g/mol. The third-order valence-electron chi connectivity index (χ3n) is 2.90. The monoisotopic (exact) mass is 244 g/mol. The molecule has 3 nitrogen and oxygen atoms in total. The molecule has 0 aliphatic rings. The van der Waals surface area contributed by atoms with E-state index in [0.29, 0.717) is 19.3 Å². The standard InChI is InChI=1S/C15H20N2O/c1-3-7-13(4-2)17-15(18)11-10-12-8-5-6-9-14(12)16/h1,5-6,8-9,13H,4,7,10-11,16H2,2H3,(H,17,18). The molecule has 0 aliphatic heterocycles. The minimum atomic E-state index is 0.0281. The van der Waals surface area contributed by atoms with Crippen LogP contribution < -0.4 is 11.1 Å². The van der Waals surface area contributed by atoms with Crippen molar-refractivity contribution in [1.82, 2.24) is 5.32 Å². The molecule has 18 heavy (non-hydrogen) atoms. The number of carbonyl (C=O) groups excluding carboxylic acids is 1. The molecule has 0 heterocycles. The van der Waals surface area contributed by atoms with E-state index >= 15 is 0 Å². The van der Waals surface area contributed by atoms with Gasteiger partial charge < -0.3 is 11.1 Å². The SMILES string of the molecule is C#CCC(CC)NC(=O)CCc1ccccc1N. The summed E-state index contributed by atoms with van der Waals surface area (Å²) in [6, 6.07) is 7.69. The van der Waals surface area contributed by atoms with Gasteiger partial charge >= 0.3 is 0 Å². The van der Waals surface area contributed by atoms with Crippen LogP contribution in [0, 0.1) is 12.3 Å². The summed E-state index contributed by atoms with van der Waals surface area (Å²) in [5.41, 5.74) is 7.57. The molecule has 96 valence electrons. The minimum Gasteiger partial charge on any atom is -0.399 e. The third-order valence-corrected chi connectivity index (χ3v) is 2.90. The summed E-state index contributed by atoms with van der Waals surface area (Å²) in [6.45, 7) is 2.01. The van der Waals surface area contributed by atoms with Crippen LogP contribution in [0.2, 0.25) is 0 Å². The van der Waals surface area contributed by atoms with Gasteiger partial charge in [0.05, 0.1) is 0 Å². The van der Waals surface area contributed by atoms with Crippen LogP contribution in [0.25, 0.3) is 0 Å². The second-order valence-electron chi connectivity index (χ2n) is 4.28. The number of nitrogen functional groups attached to an aromatic ring is 1. The number of para-hydroxylation sites is 1. The Morgan fingerprint density at radius 3 is 2.83 bits per heavy atom. The fraction of sp³-hybridized carbons (Fsp3) is 0.400. The number of aryl methyl sites for hydroxylation is 1. The molecule has 0 saturated heterocycles. The topological polar surface area (TPSA) is 55.1 Å². The summed E-state index contributed by atoms with van der Waals surface area (Å²) in [7, 11) is 0. The highest BCUT2D eigenvalue weighted by atomic mass is 16.1. The number of nitrogens with two attached hydrogens (primary N) is 1. The summed E-state index contributed by atoms with van der Waals surface area (Å²) in [5.74, 6) is 2.60. The Hall–Kier alpha value is -1.95. The van der Waals surface area contributed by atoms with Crippen molar-refractivity contribution in [3.63, 3.8) is 0 Å². The van der Waals surface area contributed by atoms with E-state index in [-0.39, 0.29) is 11.9 Å². The Morgan fingerprint density at radius 2 is 2.22 bits per heavy atom. The van der Waals surface area contributed by atoms with Crippen LogP contribution >= 0.6 is 0 Å². The molecule has 0 saturated carbocycles. The second-order valence-corrected chi connectivity index (χ2v) is 4.28. The van der Waals surface area contributed by atoms with Gasteiger partial charge in [-0.05, 0) is 24.5 Å². The number of nitrogens with one attached hydrogen (secondary N) is 1. The maximum absolute atomic E-state index is 11.8. The Morgan fingerprint density at radius 1 is 1.50 bits per heavy atom.